The molecule has 1 N–H and O–H groups in total. The lowest BCUT2D eigenvalue weighted by atomic mass is 10.2. The van der Waals surface area contributed by atoms with Gasteiger partial charge < -0.3 is 5.32 Å². The number of hydrogen-bond acceptors (Lipinski definition) is 4. The highest BCUT2D eigenvalue weighted by molar-refractivity contribution is 14.1. The van der Waals surface area contributed by atoms with Crippen molar-refractivity contribution in [2.75, 3.05) is 8.65 Å². The molecule has 1 heterocycles. The zero-order valence-corrected chi connectivity index (χ0v) is 18.5. The average Bonchev–Trinajstić information content (AvgIpc) is 3.16. The SMILES string of the molecule is O=S(=O)(c1ccsc1)N(Br)c1ccc(F)c(F)c1Nc1ccc(I)cc1F. The number of sulfonamides is 1. The van der Waals surface area contributed by atoms with Gasteiger partial charge in [-0.2, -0.15) is 14.7 Å². The van der Waals surface area contributed by atoms with Gasteiger partial charge in [0.05, 0.1) is 32.4 Å². The molecule has 0 saturated heterocycles. The Morgan fingerprint density at radius 1 is 1.07 bits per heavy atom. The van der Waals surface area contributed by atoms with Crippen molar-refractivity contribution in [1.82, 2.24) is 0 Å². The lowest BCUT2D eigenvalue weighted by Gasteiger charge is -2.21. The molecule has 0 aliphatic heterocycles. The Kier molecular flexibility index (Phi) is 6.03. The van der Waals surface area contributed by atoms with Crippen LogP contribution < -0.4 is 8.65 Å². The van der Waals surface area contributed by atoms with Crippen LogP contribution in [0.15, 0.2) is 52.1 Å². The molecule has 3 rings (SSSR count). The van der Waals surface area contributed by atoms with Crippen LogP contribution in [-0.4, -0.2) is 8.42 Å². The minimum Gasteiger partial charge on any atom is -0.349 e. The fourth-order valence-electron chi connectivity index (χ4n) is 2.15. The number of hydrogen-bond donors (Lipinski definition) is 1. The van der Waals surface area contributed by atoms with Gasteiger partial charge in [0.25, 0.3) is 10.0 Å². The molecule has 0 amide bonds. The molecule has 0 bridgehead atoms. The van der Waals surface area contributed by atoms with Crippen molar-refractivity contribution in [1.29, 1.82) is 0 Å². The van der Waals surface area contributed by atoms with Gasteiger partial charge in [0.1, 0.15) is 11.5 Å². The number of nitrogens with one attached hydrogen (secondary N) is 1. The van der Waals surface area contributed by atoms with Crippen LogP contribution in [0.4, 0.5) is 30.2 Å². The van der Waals surface area contributed by atoms with Crippen LogP contribution in [0.25, 0.3) is 0 Å². The second-order valence-corrected chi connectivity index (χ2v) is 10.2. The first-order chi connectivity index (χ1) is 12.7. The van der Waals surface area contributed by atoms with E-state index in [0.717, 1.165) is 12.1 Å². The van der Waals surface area contributed by atoms with Crippen molar-refractivity contribution in [2.45, 2.75) is 4.90 Å². The maximum Gasteiger partial charge on any atom is 0.274 e. The molecule has 0 spiro atoms. The quantitative estimate of drug-likeness (QED) is 0.293. The van der Waals surface area contributed by atoms with Crippen molar-refractivity contribution in [3.63, 3.8) is 0 Å². The molecule has 0 aliphatic carbocycles. The average molecular weight is 589 g/mol. The maximum atomic E-state index is 14.4. The normalized spacial score (nSPS) is 11.4. The van der Waals surface area contributed by atoms with E-state index in [0.29, 0.717) is 6.90 Å². The number of anilines is 3. The van der Waals surface area contributed by atoms with E-state index in [9.17, 15) is 21.6 Å². The summed E-state index contributed by atoms with van der Waals surface area (Å²) in [5, 5.41) is 5.42. The molecule has 0 saturated carbocycles. The smallest absolute Gasteiger partial charge is 0.274 e. The maximum absolute atomic E-state index is 14.4. The Morgan fingerprint density at radius 3 is 2.44 bits per heavy atom. The van der Waals surface area contributed by atoms with Crippen LogP contribution in [-0.2, 0) is 10.0 Å². The van der Waals surface area contributed by atoms with Crippen LogP contribution in [0.5, 0.6) is 0 Å². The van der Waals surface area contributed by atoms with E-state index in [-0.39, 0.29) is 16.3 Å². The monoisotopic (exact) mass is 588 g/mol. The van der Waals surface area contributed by atoms with Gasteiger partial charge >= 0.3 is 0 Å². The van der Waals surface area contributed by atoms with Gasteiger partial charge in [-0.15, -0.1) is 0 Å². The molecular weight excluding hydrogens is 580 g/mol. The third-order valence-corrected chi connectivity index (χ3v) is 7.95. The highest BCUT2D eigenvalue weighted by Gasteiger charge is 2.28. The molecule has 3 aromatic rings. The summed E-state index contributed by atoms with van der Waals surface area (Å²) in [6, 6.07) is 7.35. The second-order valence-electron chi connectivity index (χ2n) is 5.18. The molecule has 0 unspecified atom stereocenters. The first-order valence-electron chi connectivity index (χ1n) is 7.15. The molecule has 1 aromatic heterocycles. The van der Waals surface area contributed by atoms with Crippen LogP contribution in [0.3, 0.4) is 0 Å². The second kappa shape index (κ2) is 7.97. The predicted molar refractivity (Wildman–Crippen MR) is 112 cm³/mol. The fraction of sp³-hybridized carbons (Fsp3) is 0. The summed E-state index contributed by atoms with van der Waals surface area (Å²) >= 11 is 5.98. The van der Waals surface area contributed by atoms with Crippen LogP contribution in [0.2, 0.25) is 0 Å². The molecular formula is C16H9BrF3IN2O2S2. The van der Waals surface area contributed by atoms with E-state index >= 15 is 0 Å². The van der Waals surface area contributed by atoms with Crippen molar-refractivity contribution in [3.05, 3.63) is 68.2 Å². The fourth-order valence-corrected chi connectivity index (χ4v) is 5.49. The molecule has 27 heavy (non-hydrogen) atoms. The predicted octanol–water partition coefficient (Wildman–Crippen LogP) is 6.02. The highest BCUT2D eigenvalue weighted by Crippen LogP contribution is 2.38. The summed E-state index contributed by atoms with van der Waals surface area (Å²) in [5.41, 5.74) is -0.890. The third-order valence-electron chi connectivity index (χ3n) is 3.46. The highest BCUT2D eigenvalue weighted by atomic mass is 127. The van der Waals surface area contributed by atoms with Crippen molar-refractivity contribution in [2.24, 2.45) is 0 Å². The zero-order valence-electron chi connectivity index (χ0n) is 13.1. The summed E-state index contributed by atoms with van der Waals surface area (Å²) in [6.07, 6.45) is 0. The zero-order chi connectivity index (χ0) is 19.8. The molecule has 4 nitrogen and oxygen atoms in total. The molecule has 0 aliphatic rings. The van der Waals surface area contributed by atoms with Crippen molar-refractivity contribution < 1.29 is 21.6 Å². The van der Waals surface area contributed by atoms with Crippen LogP contribution in [0, 0.1) is 21.0 Å². The van der Waals surface area contributed by atoms with E-state index < -0.39 is 33.2 Å². The first-order valence-corrected chi connectivity index (χ1v) is 11.3. The van der Waals surface area contributed by atoms with Gasteiger partial charge in [-0.05, 0) is 64.4 Å². The van der Waals surface area contributed by atoms with E-state index in [4.69, 9.17) is 0 Å². The minimum atomic E-state index is -4.07. The van der Waals surface area contributed by atoms with E-state index in [2.05, 4.69) is 21.5 Å². The number of benzene rings is 2. The lowest BCUT2D eigenvalue weighted by Crippen LogP contribution is -2.21. The van der Waals surface area contributed by atoms with E-state index in [1.165, 1.54) is 34.9 Å². The molecule has 0 radical (unpaired) electrons. The number of halogens is 5. The lowest BCUT2D eigenvalue weighted by molar-refractivity contribution is 0.512. The Bertz CT molecular complexity index is 1100. The molecule has 0 atom stereocenters. The Morgan fingerprint density at radius 2 is 1.81 bits per heavy atom. The summed E-state index contributed by atoms with van der Waals surface area (Å²) in [4.78, 5) is -0.0273. The van der Waals surface area contributed by atoms with Crippen LogP contribution >= 0.6 is 50.1 Å². The minimum absolute atomic E-state index is 0.0273. The van der Waals surface area contributed by atoms with Crippen LogP contribution in [0.1, 0.15) is 0 Å². The molecule has 142 valence electrons. The van der Waals surface area contributed by atoms with Gasteiger partial charge in [-0.25, -0.2) is 21.6 Å². The Balaban J connectivity index is 2.10. The van der Waals surface area contributed by atoms with Crippen molar-refractivity contribution in [3.8, 4) is 0 Å². The largest absolute Gasteiger partial charge is 0.349 e. The summed E-state index contributed by atoms with van der Waals surface area (Å²) in [6.45, 7) is 0. The molecule has 0 fully saturated rings. The first kappa shape index (κ1) is 20.4. The van der Waals surface area contributed by atoms with Gasteiger partial charge in [0.15, 0.2) is 11.6 Å². The summed E-state index contributed by atoms with van der Waals surface area (Å²) in [5.74, 6) is -3.24. The molecule has 11 heteroatoms. The number of nitrogens with zero attached hydrogens (tertiary/aromatic N) is 1. The summed E-state index contributed by atoms with van der Waals surface area (Å²) in [7, 11) is -4.07. The Labute approximate surface area is 179 Å². The van der Waals surface area contributed by atoms with E-state index in [1.54, 1.807) is 11.4 Å². The number of rotatable bonds is 5. The van der Waals surface area contributed by atoms with E-state index in [1.807, 2.05) is 22.6 Å². The number of thiophene rings is 1. The molecule has 2 aromatic carbocycles. The standard InChI is InChI=1S/C16H9BrF3IN2O2S2/c17-23(27(24,25)10-5-6-26-8-10)14-4-2-11(18)15(20)16(14)22-13-3-1-9(21)7-12(13)19/h1-8,22H. The van der Waals surface area contributed by atoms with Gasteiger partial charge in [-0.3, -0.25) is 0 Å². The topological polar surface area (TPSA) is 49.4 Å². The van der Waals surface area contributed by atoms with Crippen molar-refractivity contribution >= 4 is 77.2 Å². The van der Waals surface area contributed by atoms with Gasteiger partial charge in [-0.1, -0.05) is 0 Å². The van der Waals surface area contributed by atoms with Gasteiger partial charge in [0, 0.05) is 8.95 Å². The Hall–Kier alpha value is -1.31. The summed E-state index contributed by atoms with van der Waals surface area (Å²) < 4.78 is 68.9. The third kappa shape index (κ3) is 4.10. The van der Waals surface area contributed by atoms with Gasteiger partial charge in [0.2, 0.25) is 0 Å².